The van der Waals surface area contributed by atoms with E-state index in [1.54, 1.807) is 0 Å². The Morgan fingerprint density at radius 3 is 2.31 bits per heavy atom. The van der Waals surface area contributed by atoms with Gasteiger partial charge in [0.1, 0.15) is 0 Å². The molecule has 0 unspecified atom stereocenters. The van der Waals surface area contributed by atoms with E-state index >= 15 is 0 Å². The van der Waals surface area contributed by atoms with Crippen LogP contribution in [0, 0.1) is 20.8 Å². The molecule has 0 amide bonds. The molecule has 1 aromatic carbocycles. The number of nitrogens with one attached hydrogen (secondary N) is 1. The Morgan fingerprint density at radius 1 is 1.06 bits per heavy atom. The van der Waals surface area contributed by atoms with Crippen LogP contribution in [0.4, 0.5) is 0 Å². The average molecular weight is 217 g/mol. The molecule has 0 heterocycles. The van der Waals surface area contributed by atoms with Gasteiger partial charge < -0.3 is 5.32 Å². The third-order valence-electron chi connectivity index (χ3n) is 2.92. The van der Waals surface area contributed by atoms with E-state index in [1.807, 2.05) is 0 Å². The Morgan fingerprint density at radius 2 is 1.69 bits per heavy atom. The fraction of sp³-hybridized carbons (Fsp3) is 0.467. The summed E-state index contributed by atoms with van der Waals surface area (Å²) in [6.07, 6.45) is 2.22. The molecule has 0 aliphatic heterocycles. The van der Waals surface area contributed by atoms with Crippen molar-refractivity contribution in [2.75, 3.05) is 6.54 Å². The lowest BCUT2D eigenvalue weighted by molar-refractivity contribution is 0.752. The summed E-state index contributed by atoms with van der Waals surface area (Å²) in [4.78, 5) is 0. The maximum absolute atomic E-state index is 3.44. The van der Waals surface area contributed by atoms with Crippen LogP contribution in [0.2, 0.25) is 0 Å². The Kier molecular flexibility index (Phi) is 4.75. The van der Waals surface area contributed by atoms with E-state index in [2.05, 4.69) is 58.1 Å². The van der Waals surface area contributed by atoms with Crippen LogP contribution in [0.25, 0.3) is 0 Å². The average Bonchev–Trinajstić information content (AvgIpc) is 2.19. The van der Waals surface area contributed by atoms with Crippen molar-refractivity contribution < 1.29 is 0 Å². The largest absolute Gasteiger partial charge is 0.309 e. The minimum atomic E-state index is 0.953. The molecule has 0 atom stereocenters. The van der Waals surface area contributed by atoms with E-state index < -0.39 is 0 Å². The Labute approximate surface area is 99.6 Å². The lowest BCUT2D eigenvalue weighted by atomic mass is 10.0. The van der Waals surface area contributed by atoms with E-state index in [1.165, 1.54) is 27.8 Å². The number of allylic oxidation sites excluding steroid dienone is 1. The molecule has 0 saturated heterocycles. The van der Waals surface area contributed by atoms with Gasteiger partial charge in [-0.2, -0.15) is 0 Å². The third-order valence-corrected chi connectivity index (χ3v) is 2.92. The molecule has 0 fully saturated rings. The van der Waals surface area contributed by atoms with Gasteiger partial charge in [-0.1, -0.05) is 23.8 Å². The topological polar surface area (TPSA) is 12.0 Å². The van der Waals surface area contributed by atoms with E-state index in [0.717, 1.165) is 13.1 Å². The van der Waals surface area contributed by atoms with Gasteiger partial charge in [0.2, 0.25) is 0 Å². The molecule has 1 aromatic rings. The SMILES string of the molecule is CC(C)=CCNCc1cc(C)c(C)cc1C. The standard InChI is InChI=1S/C15H23N/c1-11(2)6-7-16-10-15-9-13(4)12(3)8-14(15)5/h6,8-9,16H,7,10H2,1-5H3. The van der Waals surface area contributed by atoms with Gasteiger partial charge in [0.15, 0.2) is 0 Å². The van der Waals surface area contributed by atoms with Crippen LogP contribution in [0.5, 0.6) is 0 Å². The molecule has 0 aromatic heterocycles. The van der Waals surface area contributed by atoms with Crippen molar-refractivity contribution >= 4 is 0 Å². The van der Waals surface area contributed by atoms with Crippen molar-refractivity contribution in [1.29, 1.82) is 0 Å². The summed E-state index contributed by atoms with van der Waals surface area (Å²) < 4.78 is 0. The van der Waals surface area contributed by atoms with Crippen molar-refractivity contribution in [3.63, 3.8) is 0 Å². The molecular weight excluding hydrogens is 194 g/mol. The van der Waals surface area contributed by atoms with E-state index in [4.69, 9.17) is 0 Å². The van der Waals surface area contributed by atoms with Gasteiger partial charge in [0.25, 0.3) is 0 Å². The molecule has 0 radical (unpaired) electrons. The molecule has 16 heavy (non-hydrogen) atoms. The predicted molar refractivity (Wildman–Crippen MR) is 71.8 cm³/mol. The van der Waals surface area contributed by atoms with Crippen LogP contribution < -0.4 is 5.32 Å². The lowest BCUT2D eigenvalue weighted by Gasteiger charge is -2.10. The molecule has 0 saturated carbocycles. The zero-order valence-corrected chi connectivity index (χ0v) is 11.1. The molecule has 1 N–H and O–H groups in total. The maximum Gasteiger partial charge on any atom is 0.0211 e. The van der Waals surface area contributed by atoms with E-state index in [9.17, 15) is 0 Å². The van der Waals surface area contributed by atoms with Crippen LogP contribution in [0.15, 0.2) is 23.8 Å². The van der Waals surface area contributed by atoms with Crippen LogP contribution in [-0.4, -0.2) is 6.54 Å². The molecular formula is C15H23N. The fourth-order valence-electron chi connectivity index (χ4n) is 1.69. The summed E-state index contributed by atoms with van der Waals surface area (Å²) in [7, 11) is 0. The Bertz CT molecular complexity index is 385. The number of hydrogen-bond donors (Lipinski definition) is 1. The van der Waals surface area contributed by atoms with Gasteiger partial charge in [0.05, 0.1) is 0 Å². The lowest BCUT2D eigenvalue weighted by Crippen LogP contribution is -2.14. The van der Waals surface area contributed by atoms with Crippen LogP contribution in [0.1, 0.15) is 36.1 Å². The van der Waals surface area contributed by atoms with Gasteiger partial charge in [-0.15, -0.1) is 0 Å². The van der Waals surface area contributed by atoms with Gasteiger partial charge in [-0.3, -0.25) is 0 Å². The quantitative estimate of drug-likeness (QED) is 0.599. The maximum atomic E-state index is 3.44. The van der Waals surface area contributed by atoms with E-state index in [-0.39, 0.29) is 0 Å². The Hall–Kier alpha value is -1.08. The number of aryl methyl sites for hydroxylation is 3. The first kappa shape index (κ1) is 13.0. The molecule has 0 aliphatic carbocycles. The Balaban J connectivity index is 2.61. The predicted octanol–water partition coefficient (Wildman–Crippen LogP) is 3.67. The minimum Gasteiger partial charge on any atom is -0.309 e. The minimum absolute atomic E-state index is 0.953. The van der Waals surface area contributed by atoms with Gasteiger partial charge >= 0.3 is 0 Å². The second-order valence-corrected chi connectivity index (χ2v) is 4.78. The number of hydrogen-bond acceptors (Lipinski definition) is 1. The molecule has 0 aliphatic rings. The highest BCUT2D eigenvalue weighted by Crippen LogP contribution is 2.14. The number of rotatable bonds is 4. The second kappa shape index (κ2) is 5.86. The van der Waals surface area contributed by atoms with Crippen LogP contribution in [0.3, 0.4) is 0 Å². The molecule has 0 spiro atoms. The first-order valence-electron chi connectivity index (χ1n) is 5.91. The normalized spacial score (nSPS) is 10.3. The van der Waals surface area contributed by atoms with Crippen molar-refractivity contribution in [1.82, 2.24) is 5.32 Å². The highest BCUT2D eigenvalue weighted by molar-refractivity contribution is 5.36. The third kappa shape index (κ3) is 3.82. The first-order valence-corrected chi connectivity index (χ1v) is 5.91. The molecule has 1 heteroatoms. The highest BCUT2D eigenvalue weighted by atomic mass is 14.8. The van der Waals surface area contributed by atoms with Gasteiger partial charge in [0, 0.05) is 13.1 Å². The summed E-state index contributed by atoms with van der Waals surface area (Å²) in [6.45, 7) is 12.7. The van der Waals surface area contributed by atoms with Crippen molar-refractivity contribution in [2.45, 2.75) is 41.2 Å². The van der Waals surface area contributed by atoms with Gasteiger partial charge in [-0.05, 0) is 56.9 Å². The molecule has 1 rings (SSSR count). The smallest absolute Gasteiger partial charge is 0.0211 e. The number of benzene rings is 1. The fourth-order valence-corrected chi connectivity index (χ4v) is 1.69. The molecule has 88 valence electrons. The highest BCUT2D eigenvalue weighted by Gasteiger charge is 2.00. The summed E-state index contributed by atoms with van der Waals surface area (Å²) in [5.74, 6) is 0. The zero-order chi connectivity index (χ0) is 12.1. The molecule has 1 nitrogen and oxygen atoms in total. The summed E-state index contributed by atoms with van der Waals surface area (Å²) in [5, 5.41) is 3.44. The van der Waals surface area contributed by atoms with Crippen molar-refractivity contribution in [2.24, 2.45) is 0 Å². The first-order chi connectivity index (χ1) is 7.50. The van der Waals surface area contributed by atoms with Crippen molar-refractivity contribution in [3.8, 4) is 0 Å². The van der Waals surface area contributed by atoms with Crippen LogP contribution in [-0.2, 0) is 6.54 Å². The van der Waals surface area contributed by atoms with E-state index in [0.29, 0.717) is 0 Å². The summed E-state index contributed by atoms with van der Waals surface area (Å²) >= 11 is 0. The summed E-state index contributed by atoms with van der Waals surface area (Å²) in [6, 6.07) is 4.56. The van der Waals surface area contributed by atoms with Crippen LogP contribution >= 0.6 is 0 Å². The van der Waals surface area contributed by atoms with Gasteiger partial charge in [-0.25, -0.2) is 0 Å². The molecule has 0 bridgehead atoms. The van der Waals surface area contributed by atoms with Crippen molar-refractivity contribution in [3.05, 3.63) is 46.0 Å². The summed E-state index contributed by atoms with van der Waals surface area (Å²) in [5.41, 5.74) is 6.91. The monoisotopic (exact) mass is 217 g/mol. The second-order valence-electron chi connectivity index (χ2n) is 4.78. The zero-order valence-electron chi connectivity index (χ0n) is 11.1.